The van der Waals surface area contributed by atoms with Crippen LogP contribution in [0.2, 0.25) is 19.1 Å². The molecular weight excluding hydrogens is 220 g/mol. The van der Waals surface area contributed by atoms with E-state index in [0.717, 1.165) is 24.4 Å². The van der Waals surface area contributed by atoms with E-state index in [9.17, 15) is 9.90 Å². The molecule has 90 valence electrons. The van der Waals surface area contributed by atoms with Crippen LogP contribution >= 0.6 is 0 Å². The molecule has 1 aromatic carbocycles. The summed E-state index contributed by atoms with van der Waals surface area (Å²) in [7, 11) is -0.380. The van der Waals surface area contributed by atoms with Crippen LogP contribution in [-0.4, -0.2) is 25.3 Å². The summed E-state index contributed by atoms with van der Waals surface area (Å²) >= 11 is 0. The zero-order valence-electron chi connectivity index (χ0n) is 10.2. The highest BCUT2D eigenvalue weighted by atomic mass is 28.4. The number of phenols is 1. The standard InChI is InChI=1S/C12H20O3Si/c1-15-12-9-10(6-7-11(12)13)5-4-8-16(2,3)14/h6-7,9,13-14H,4-5,8H2,1-3H3. The van der Waals surface area contributed by atoms with Crippen molar-refractivity contribution in [2.75, 3.05) is 7.11 Å². The first kappa shape index (κ1) is 13.1. The highest BCUT2D eigenvalue weighted by Gasteiger charge is 2.15. The van der Waals surface area contributed by atoms with Crippen LogP contribution in [0.5, 0.6) is 11.5 Å². The topological polar surface area (TPSA) is 49.7 Å². The highest BCUT2D eigenvalue weighted by Crippen LogP contribution is 2.27. The normalized spacial score (nSPS) is 11.5. The van der Waals surface area contributed by atoms with Gasteiger partial charge in [-0.2, -0.15) is 0 Å². The smallest absolute Gasteiger partial charge is 0.182 e. The number of aryl methyl sites for hydroxylation is 1. The summed E-state index contributed by atoms with van der Waals surface area (Å²) in [5.41, 5.74) is 1.13. The number of hydrogen-bond donors (Lipinski definition) is 2. The molecule has 0 atom stereocenters. The molecule has 4 heteroatoms. The third kappa shape index (κ3) is 4.24. The summed E-state index contributed by atoms with van der Waals surface area (Å²) in [6.45, 7) is 3.90. The fourth-order valence-electron chi connectivity index (χ4n) is 1.60. The van der Waals surface area contributed by atoms with Crippen LogP contribution in [0.1, 0.15) is 12.0 Å². The minimum atomic E-state index is -1.92. The molecule has 0 saturated heterocycles. The second kappa shape index (κ2) is 5.36. The molecule has 0 aliphatic rings. The minimum absolute atomic E-state index is 0.170. The van der Waals surface area contributed by atoms with Crippen LogP contribution in [0.25, 0.3) is 0 Å². The molecule has 0 aliphatic carbocycles. The Morgan fingerprint density at radius 2 is 2.00 bits per heavy atom. The second-order valence-electron chi connectivity index (χ2n) is 4.67. The van der Waals surface area contributed by atoms with Gasteiger partial charge in [-0.25, -0.2) is 0 Å². The Morgan fingerprint density at radius 1 is 1.31 bits per heavy atom. The Kier molecular flexibility index (Phi) is 4.38. The molecule has 3 nitrogen and oxygen atoms in total. The lowest BCUT2D eigenvalue weighted by molar-refractivity contribution is 0.373. The number of benzene rings is 1. The SMILES string of the molecule is COc1cc(CCC[Si](C)(C)O)ccc1O. The zero-order chi connectivity index (χ0) is 12.2. The number of rotatable bonds is 5. The molecule has 0 spiro atoms. The van der Waals surface area contributed by atoms with Gasteiger partial charge in [0.2, 0.25) is 0 Å². The lowest BCUT2D eigenvalue weighted by Gasteiger charge is -2.13. The van der Waals surface area contributed by atoms with Crippen molar-refractivity contribution in [3.8, 4) is 11.5 Å². The quantitative estimate of drug-likeness (QED) is 0.778. The molecule has 0 amide bonds. The van der Waals surface area contributed by atoms with Crippen molar-refractivity contribution in [3.63, 3.8) is 0 Å². The summed E-state index contributed by atoms with van der Waals surface area (Å²) in [5, 5.41) is 9.43. The predicted molar refractivity (Wildman–Crippen MR) is 67.5 cm³/mol. The maximum Gasteiger partial charge on any atom is 0.182 e. The van der Waals surface area contributed by atoms with Crippen molar-refractivity contribution in [2.24, 2.45) is 0 Å². The predicted octanol–water partition coefficient (Wildman–Crippen LogP) is 2.53. The van der Waals surface area contributed by atoms with E-state index in [1.165, 1.54) is 0 Å². The van der Waals surface area contributed by atoms with Gasteiger partial charge in [0.05, 0.1) is 7.11 Å². The zero-order valence-corrected chi connectivity index (χ0v) is 11.2. The molecule has 0 aromatic heterocycles. The van der Waals surface area contributed by atoms with E-state index in [2.05, 4.69) is 0 Å². The third-order valence-corrected chi connectivity index (χ3v) is 4.08. The summed E-state index contributed by atoms with van der Waals surface area (Å²) in [4.78, 5) is 9.71. The van der Waals surface area contributed by atoms with Gasteiger partial charge >= 0.3 is 0 Å². The average molecular weight is 240 g/mol. The second-order valence-corrected chi connectivity index (χ2v) is 8.80. The fraction of sp³-hybridized carbons (Fsp3) is 0.500. The Balaban J connectivity index is 2.55. The van der Waals surface area contributed by atoms with Crippen LogP contribution in [-0.2, 0) is 6.42 Å². The van der Waals surface area contributed by atoms with E-state index in [1.807, 2.05) is 25.2 Å². The van der Waals surface area contributed by atoms with Gasteiger partial charge in [0.15, 0.2) is 19.8 Å². The van der Waals surface area contributed by atoms with Gasteiger partial charge in [-0.05, 0) is 49.7 Å². The first-order valence-electron chi connectivity index (χ1n) is 5.50. The number of methoxy groups -OCH3 is 1. The highest BCUT2D eigenvalue weighted by molar-refractivity contribution is 6.69. The maximum atomic E-state index is 9.71. The fourth-order valence-corrected chi connectivity index (χ4v) is 2.64. The Morgan fingerprint density at radius 3 is 2.56 bits per heavy atom. The molecule has 0 saturated carbocycles. The molecule has 0 heterocycles. The van der Waals surface area contributed by atoms with Gasteiger partial charge in [0.1, 0.15) is 0 Å². The van der Waals surface area contributed by atoms with E-state index in [0.29, 0.717) is 5.75 Å². The van der Waals surface area contributed by atoms with Crippen molar-refractivity contribution in [1.29, 1.82) is 0 Å². The van der Waals surface area contributed by atoms with Gasteiger partial charge in [0, 0.05) is 0 Å². The van der Waals surface area contributed by atoms with Crippen LogP contribution in [0.15, 0.2) is 18.2 Å². The molecule has 0 bridgehead atoms. The van der Waals surface area contributed by atoms with Crippen molar-refractivity contribution in [1.82, 2.24) is 0 Å². The molecule has 0 fully saturated rings. The van der Waals surface area contributed by atoms with Gasteiger partial charge in [0.25, 0.3) is 0 Å². The van der Waals surface area contributed by atoms with Crippen molar-refractivity contribution in [2.45, 2.75) is 32.0 Å². The Hall–Kier alpha value is -1.00. The largest absolute Gasteiger partial charge is 0.504 e. The van der Waals surface area contributed by atoms with Crippen LogP contribution in [0.3, 0.4) is 0 Å². The number of aromatic hydroxyl groups is 1. The van der Waals surface area contributed by atoms with E-state index in [1.54, 1.807) is 13.2 Å². The van der Waals surface area contributed by atoms with E-state index < -0.39 is 8.32 Å². The monoisotopic (exact) mass is 240 g/mol. The molecule has 1 aromatic rings. The molecular formula is C12H20O3Si. The maximum absolute atomic E-state index is 9.71. The van der Waals surface area contributed by atoms with Crippen LogP contribution in [0.4, 0.5) is 0 Å². The molecule has 16 heavy (non-hydrogen) atoms. The van der Waals surface area contributed by atoms with Gasteiger partial charge in [-0.15, -0.1) is 0 Å². The minimum Gasteiger partial charge on any atom is -0.504 e. The number of ether oxygens (including phenoxy) is 1. The first-order valence-corrected chi connectivity index (χ1v) is 8.66. The van der Waals surface area contributed by atoms with E-state index in [-0.39, 0.29) is 5.75 Å². The van der Waals surface area contributed by atoms with Gasteiger partial charge in [-0.3, -0.25) is 0 Å². The number of phenolic OH excluding ortho intramolecular Hbond substituents is 1. The lowest BCUT2D eigenvalue weighted by Crippen LogP contribution is -2.24. The molecule has 1 rings (SSSR count). The van der Waals surface area contributed by atoms with E-state index >= 15 is 0 Å². The van der Waals surface area contributed by atoms with Crippen molar-refractivity contribution < 1.29 is 14.6 Å². The summed E-state index contributed by atoms with van der Waals surface area (Å²) < 4.78 is 5.04. The summed E-state index contributed by atoms with van der Waals surface area (Å²) in [6, 6.07) is 6.29. The number of hydrogen-bond acceptors (Lipinski definition) is 3. The van der Waals surface area contributed by atoms with Crippen LogP contribution < -0.4 is 4.74 Å². The first-order chi connectivity index (χ1) is 7.42. The van der Waals surface area contributed by atoms with Crippen molar-refractivity contribution in [3.05, 3.63) is 23.8 Å². The third-order valence-electron chi connectivity index (χ3n) is 2.50. The summed E-state index contributed by atoms with van der Waals surface area (Å²) in [6.07, 6.45) is 1.89. The van der Waals surface area contributed by atoms with Crippen LogP contribution in [0, 0.1) is 0 Å². The average Bonchev–Trinajstić information content (AvgIpc) is 2.18. The molecule has 0 aliphatic heterocycles. The molecule has 2 N–H and O–H groups in total. The molecule has 0 unspecified atom stereocenters. The molecule has 0 radical (unpaired) electrons. The van der Waals surface area contributed by atoms with Gasteiger partial charge in [-0.1, -0.05) is 6.07 Å². The van der Waals surface area contributed by atoms with Gasteiger partial charge < -0.3 is 14.6 Å². The Bertz CT molecular complexity index is 345. The lowest BCUT2D eigenvalue weighted by atomic mass is 10.1. The van der Waals surface area contributed by atoms with E-state index in [4.69, 9.17) is 4.74 Å². The summed E-state index contributed by atoms with van der Waals surface area (Å²) in [5.74, 6) is 0.682. The van der Waals surface area contributed by atoms with Crippen molar-refractivity contribution >= 4 is 8.32 Å². The Labute approximate surface area is 97.8 Å².